The molecule has 6 nitrogen and oxygen atoms in total. The average molecular weight is 290 g/mol. The zero-order valence-corrected chi connectivity index (χ0v) is 11.8. The van der Waals surface area contributed by atoms with E-state index >= 15 is 0 Å². The normalized spacial score (nSPS) is 15.7. The number of rotatable bonds is 6. The lowest BCUT2D eigenvalue weighted by atomic mass is 10.3. The van der Waals surface area contributed by atoms with Crippen LogP contribution in [0.4, 0.5) is 5.69 Å². The van der Waals surface area contributed by atoms with Crippen molar-refractivity contribution in [3.63, 3.8) is 0 Å². The highest BCUT2D eigenvalue weighted by molar-refractivity contribution is 8.56. The molecule has 1 rings (SSSR count). The first-order valence-corrected chi connectivity index (χ1v) is 8.53. The first-order chi connectivity index (χ1) is 8.34. The van der Waals surface area contributed by atoms with Crippen molar-refractivity contribution in [2.75, 3.05) is 0 Å². The molecular weight excluding hydrogens is 275 g/mol. The molecule has 0 aliphatic rings. The number of nitro benzene ring substituents is 1. The van der Waals surface area contributed by atoms with Crippen molar-refractivity contribution in [3.05, 3.63) is 34.4 Å². The van der Waals surface area contributed by atoms with Gasteiger partial charge in [0.05, 0.1) is 4.92 Å². The highest BCUT2D eigenvalue weighted by Gasteiger charge is 2.22. The monoisotopic (exact) mass is 290 g/mol. The molecule has 2 atom stereocenters. The van der Waals surface area contributed by atoms with E-state index in [1.165, 1.54) is 24.3 Å². The zero-order chi connectivity index (χ0) is 13.8. The Kier molecular flexibility index (Phi) is 5.19. The number of non-ortho nitro benzene ring substituents is 1. The molecule has 0 bridgehead atoms. The SMILES string of the molecule is CCC(C)SP(N)(=O)Oc1ccc([N+](=O)[O-])cc1. The summed E-state index contributed by atoms with van der Waals surface area (Å²) in [5.74, 6) is 0.266. The van der Waals surface area contributed by atoms with E-state index in [1.807, 2.05) is 13.8 Å². The van der Waals surface area contributed by atoms with Crippen LogP contribution < -0.4 is 10.0 Å². The summed E-state index contributed by atoms with van der Waals surface area (Å²) in [5.41, 5.74) is 5.53. The topological polar surface area (TPSA) is 95.5 Å². The highest BCUT2D eigenvalue weighted by Crippen LogP contribution is 2.54. The molecule has 0 radical (unpaired) electrons. The van der Waals surface area contributed by atoms with E-state index in [2.05, 4.69) is 0 Å². The minimum Gasteiger partial charge on any atom is -0.426 e. The summed E-state index contributed by atoms with van der Waals surface area (Å²) in [4.78, 5) is 9.95. The largest absolute Gasteiger partial charge is 0.426 e. The summed E-state index contributed by atoms with van der Waals surface area (Å²) in [7, 11) is 0. The van der Waals surface area contributed by atoms with Gasteiger partial charge in [-0.3, -0.25) is 10.1 Å². The van der Waals surface area contributed by atoms with Gasteiger partial charge in [-0.25, -0.2) is 10.1 Å². The second kappa shape index (κ2) is 6.22. The summed E-state index contributed by atoms with van der Waals surface area (Å²) >= 11 is 1.08. The van der Waals surface area contributed by atoms with Crippen molar-refractivity contribution in [1.29, 1.82) is 0 Å². The van der Waals surface area contributed by atoms with E-state index in [1.54, 1.807) is 0 Å². The molecule has 2 unspecified atom stereocenters. The lowest BCUT2D eigenvalue weighted by molar-refractivity contribution is -0.384. The third kappa shape index (κ3) is 4.68. The van der Waals surface area contributed by atoms with Crippen LogP contribution in [0.2, 0.25) is 0 Å². The number of nitro groups is 1. The predicted octanol–water partition coefficient (Wildman–Crippen LogP) is 3.57. The Balaban J connectivity index is 2.72. The van der Waals surface area contributed by atoms with Gasteiger partial charge in [0.25, 0.3) is 5.69 Å². The molecular formula is C10H15N2O4PS. The van der Waals surface area contributed by atoms with Crippen LogP contribution in [0.1, 0.15) is 20.3 Å². The van der Waals surface area contributed by atoms with Gasteiger partial charge in [-0.05, 0) is 29.9 Å². The minimum atomic E-state index is -3.28. The number of hydrogen-bond donors (Lipinski definition) is 1. The Morgan fingerprint density at radius 3 is 2.50 bits per heavy atom. The van der Waals surface area contributed by atoms with E-state index in [0.29, 0.717) is 0 Å². The maximum atomic E-state index is 12.0. The molecule has 0 amide bonds. The van der Waals surface area contributed by atoms with Gasteiger partial charge in [0, 0.05) is 17.4 Å². The van der Waals surface area contributed by atoms with Crippen LogP contribution in [0, 0.1) is 10.1 Å². The first-order valence-electron chi connectivity index (χ1n) is 5.35. The maximum Gasteiger partial charge on any atom is 0.371 e. The van der Waals surface area contributed by atoms with E-state index in [0.717, 1.165) is 17.8 Å². The predicted molar refractivity (Wildman–Crippen MR) is 72.9 cm³/mol. The van der Waals surface area contributed by atoms with Crippen molar-refractivity contribution in [2.45, 2.75) is 25.5 Å². The molecule has 0 spiro atoms. The molecule has 0 aliphatic heterocycles. The van der Waals surface area contributed by atoms with Gasteiger partial charge in [-0.2, -0.15) is 0 Å². The van der Waals surface area contributed by atoms with Crippen molar-refractivity contribution in [2.24, 2.45) is 5.50 Å². The Hall–Kier alpha value is -1.04. The van der Waals surface area contributed by atoms with Gasteiger partial charge >= 0.3 is 6.72 Å². The van der Waals surface area contributed by atoms with Gasteiger partial charge in [0.1, 0.15) is 5.75 Å². The van der Waals surface area contributed by atoms with Gasteiger partial charge < -0.3 is 4.52 Å². The Bertz CT molecular complexity index is 465. The molecule has 1 aromatic rings. The molecule has 0 fully saturated rings. The summed E-state index contributed by atoms with van der Waals surface area (Å²) in [6.45, 7) is 0.589. The van der Waals surface area contributed by atoms with Gasteiger partial charge in [0.15, 0.2) is 0 Å². The fourth-order valence-electron chi connectivity index (χ4n) is 1.12. The standard InChI is InChI=1S/C10H15N2O4PS/c1-3-8(2)18-17(11,15)16-10-6-4-9(5-7-10)12(13)14/h4-8H,3H2,1-2H3,(H2,11,15). The molecule has 2 N–H and O–H groups in total. The summed E-state index contributed by atoms with van der Waals surface area (Å²) in [6.07, 6.45) is 0.829. The van der Waals surface area contributed by atoms with E-state index in [-0.39, 0.29) is 16.7 Å². The fraction of sp³-hybridized carbons (Fsp3) is 0.400. The van der Waals surface area contributed by atoms with Crippen molar-refractivity contribution in [1.82, 2.24) is 0 Å². The highest BCUT2D eigenvalue weighted by atomic mass is 32.7. The Labute approximate surface area is 109 Å². The lowest BCUT2D eigenvalue weighted by Crippen LogP contribution is -2.03. The molecule has 100 valence electrons. The van der Waals surface area contributed by atoms with Crippen molar-refractivity contribution >= 4 is 23.8 Å². The third-order valence-corrected chi connectivity index (χ3v) is 5.82. The molecule has 8 heteroatoms. The van der Waals surface area contributed by atoms with Crippen LogP contribution in [-0.2, 0) is 4.57 Å². The molecule has 0 saturated carbocycles. The van der Waals surface area contributed by atoms with Crippen molar-refractivity contribution < 1.29 is 14.0 Å². The number of nitrogens with two attached hydrogens (primary N) is 1. The smallest absolute Gasteiger partial charge is 0.371 e. The average Bonchev–Trinajstić information content (AvgIpc) is 2.28. The first kappa shape index (κ1) is 15.0. The van der Waals surface area contributed by atoms with E-state index in [9.17, 15) is 14.7 Å². The number of hydrogen-bond acceptors (Lipinski definition) is 5. The minimum absolute atomic E-state index is 0.0521. The molecule has 0 saturated heterocycles. The third-order valence-electron chi connectivity index (χ3n) is 2.18. The molecule has 18 heavy (non-hydrogen) atoms. The maximum absolute atomic E-state index is 12.0. The Morgan fingerprint density at radius 1 is 1.50 bits per heavy atom. The summed E-state index contributed by atoms with van der Waals surface area (Å²) in [5, 5.41) is 10.6. The van der Waals surface area contributed by atoms with Crippen LogP contribution in [0.15, 0.2) is 24.3 Å². The van der Waals surface area contributed by atoms with Crippen LogP contribution >= 0.6 is 18.1 Å². The molecule has 0 aliphatic carbocycles. The summed E-state index contributed by atoms with van der Waals surface area (Å²) < 4.78 is 17.1. The van der Waals surface area contributed by atoms with Crippen LogP contribution in [-0.4, -0.2) is 10.2 Å². The van der Waals surface area contributed by atoms with Gasteiger partial charge in [0.2, 0.25) is 0 Å². The van der Waals surface area contributed by atoms with Crippen molar-refractivity contribution in [3.8, 4) is 5.75 Å². The lowest BCUT2D eigenvalue weighted by Gasteiger charge is -2.16. The van der Waals surface area contributed by atoms with Crippen LogP contribution in [0.5, 0.6) is 5.75 Å². The summed E-state index contributed by atoms with van der Waals surface area (Å²) in [6, 6.07) is 5.33. The van der Waals surface area contributed by atoms with E-state index < -0.39 is 11.6 Å². The molecule has 0 heterocycles. The van der Waals surface area contributed by atoms with Crippen LogP contribution in [0.3, 0.4) is 0 Å². The number of benzene rings is 1. The fourth-order valence-corrected chi connectivity index (χ4v) is 4.57. The molecule has 1 aromatic carbocycles. The second-order valence-electron chi connectivity index (χ2n) is 3.71. The zero-order valence-electron chi connectivity index (χ0n) is 10.1. The quantitative estimate of drug-likeness (QED) is 0.489. The molecule has 0 aromatic heterocycles. The van der Waals surface area contributed by atoms with E-state index in [4.69, 9.17) is 10.0 Å². The van der Waals surface area contributed by atoms with Gasteiger partial charge in [-0.1, -0.05) is 13.8 Å². The number of nitrogens with zero attached hydrogens (tertiary/aromatic N) is 1. The van der Waals surface area contributed by atoms with Crippen LogP contribution in [0.25, 0.3) is 0 Å². The Morgan fingerprint density at radius 2 is 2.06 bits per heavy atom. The van der Waals surface area contributed by atoms with Gasteiger partial charge in [-0.15, -0.1) is 0 Å². The second-order valence-corrected chi connectivity index (χ2v) is 8.14.